The molecule has 0 spiro atoms. The Labute approximate surface area is 182 Å². The van der Waals surface area contributed by atoms with Crippen molar-refractivity contribution in [2.45, 2.75) is 32.6 Å². The molecule has 0 aliphatic carbocycles. The second-order valence-electron chi connectivity index (χ2n) is 8.53. The van der Waals surface area contributed by atoms with Gasteiger partial charge in [-0.05, 0) is 63.8 Å². The minimum atomic E-state index is 0.850. The molecule has 168 valence electrons. The van der Waals surface area contributed by atoms with Crippen LogP contribution in [0.15, 0.2) is 23.5 Å². The zero-order valence-electron chi connectivity index (χ0n) is 18.9. The molecule has 2 N–H and O–H groups in total. The fourth-order valence-electron chi connectivity index (χ4n) is 4.15. The molecule has 1 aromatic heterocycles. The van der Waals surface area contributed by atoms with Crippen molar-refractivity contribution in [3.05, 3.63) is 18.5 Å². The Morgan fingerprint density at radius 3 is 2.07 bits per heavy atom. The molecule has 0 bridgehead atoms. The number of likely N-dealkylation sites (tertiary alicyclic amines) is 1. The SMILES string of the molecule is CN=C(NCCCN1CCC(C)CC1)NCCCN1CCN(c2ncccn2)CC1. The molecule has 2 saturated heterocycles. The number of piperidine rings is 1. The summed E-state index contributed by atoms with van der Waals surface area (Å²) in [4.78, 5) is 20.5. The topological polar surface area (TPSA) is 71.9 Å². The normalized spacial score (nSPS) is 19.8. The molecular formula is C22H40N8. The largest absolute Gasteiger partial charge is 0.356 e. The van der Waals surface area contributed by atoms with Gasteiger partial charge in [0, 0.05) is 58.7 Å². The molecule has 8 nitrogen and oxygen atoms in total. The number of aliphatic imine (C=N–C) groups is 1. The molecular weight excluding hydrogens is 376 g/mol. The monoisotopic (exact) mass is 416 g/mol. The summed E-state index contributed by atoms with van der Waals surface area (Å²) in [6, 6.07) is 1.87. The molecule has 0 amide bonds. The molecule has 2 aliphatic rings. The Balaban J connectivity index is 1.21. The van der Waals surface area contributed by atoms with Gasteiger partial charge >= 0.3 is 0 Å². The number of aromatic nitrogens is 2. The molecule has 0 saturated carbocycles. The van der Waals surface area contributed by atoms with E-state index >= 15 is 0 Å². The van der Waals surface area contributed by atoms with Crippen molar-refractivity contribution in [1.29, 1.82) is 0 Å². The Morgan fingerprint density at radius 2 is 1.50 bits per heavy atom. The predicted octanol–water partition coefficient (Wildman–Crippen LogP) is 1.28. The third kappa shape index (κ3) is 7.72. The Hall–Kier alpha value is -1.93. The van der Waals surface area contributed by atoms with Gasteiger partial charge < -0.3 is 20.4 Å². The van der Waals surface area contributed by atoms with Gasteiger partial charge in [-0.1, -0.05) is 6.92 Å². The van der Waals surface area contributed by atoms with Gasteiger partial charge in [0.25, 0.3) is 0 Å². The Bertz CT molecular complexity index is 607. The first-order valence-corrected chi connectivity index (χ1v) is 11.7. The van der Waals surface area contributed by atoms with Crippen LogP contribution in [0.3, 0.4) is 0 Å². The molecule has 1 aromatic rings. The maximum absolute atomic E-state index is 4.36. The highest BCUT2D eigenvalue weighted by atomic mass is 15.3. The van der Waals surface area contributed by atoms with Crippen LogP contribution in [0.5, 0.6) is 0 Å². The molecule has 0 aromatic carbocycles. The number of guanidine groups is 1. The summed E-state index contributed by atoms with van der Waals surface area (Å²) in [5.41, 5.74) is 0. The van der Waals surface area contributed by atoms with Gasteiger partial charge in [-0.2, -0.15) is 0 Å². The fourth-order valence-corrected chi connectivity index (χ4v) is 4.15. The molecule has 2 fully saturated rings. The summed E-state index contributed by atoms with van der Waals surface area (Å²) in [6.45, 7) is 13.3. The maximum atomic E-state index is 4.36. The Kier molecular flexibility index (Phi) is 9.63. The highest BCUT2D eigenvalue weighted by Gasteiger charge is 2.18. The van der Waals surface area contributed by atoms with Crippen molar-refractivity contribution in [3.8, 4) is 0 Å². The van der Waals surface area contributed by atoms with Crippen molar-refractivity contribution in [2.75, 3.05) is 77.4 Å². The van der Waals surface area contributed by atoms with Gasteiger partial charge in [0.2, 0.25) is 5.95 Å². The van der Waals surface area contributed by atoms with E-state index in [1.165, 1.54) is 38.9 Å². The van der Waals surface area contributed by atoms with Gasteiger partial charge in [0.15, 0.2) is 5.96 Å². The predicted molar refractivity (Wildman–Crippen MR) is 124 cm³/mol. The van der Waals surface area contributed by atoms with E-state index in [1.807, 2.05) is 25.5 Å². The summed E-state index contributed by atoms with van der Waals surface area (Å²) in [5.74, 6) is 2.68. The highest BCUT2D eigenvalue weighted by Crippen LogP contribution is 2.15. The van der Waals surface area contributed by atoms with E-state index in [-0.39, 0.29) is 0 Å². The third-order valence-corrected chi connectivity index (χ3v) is 6.19. The van der Waals surface area contributed by atoms with Crippen LogP contribution in [0.1, 0.15) is 32.6 Å². The number of nitrogens with zero attached hydrogens (tertiary/aromatic N) is 6. The van der Waals surface area contributed by atoms with Crippen LogP contribution >= 0.6 is 0 Å². The summed E-state index contributed by atoms with van der Waals surface area (Å²) in [7, 11) is 1.85. The van der Waals surface area contributed by atoms with Crippen molar-refractivity contribution in [3.63, 3.8) is 0 Å². The third-order valence-electron chi connectivity index (χ3n) is 6.19. The summed E-state index contributed by atoms with van der Waals surface area (Å²) in [5, 5.41) is 6.91. The molecule has 3 rings (SSSR count). The maximum Gasteiger partial charge on any atom is 0.225 e. The van der Waals surface area contributed by atoms with E-state index in [1.54, 1.807) is 0 Å². The average molecular weight is 417 g/mol. The van der Waals surface area contributed by atoms with Gasteiger partial charge in [-0.25, -0.2) is 9.97 Å². The molecule has 3 heterocycles. The molecule has 0 unspecified atom stereocenters. The highest BCUT2D eigenvalue weighted by molar-refractivity contribution is 5.79. The minimum Gasteiger partial charge on any atom is -0.356 e. The first-order chi connectivity index (χ1) is 14.7. The summed E-state index contributed by atoms with van der Waals surface area (Å²) < 4.78 is 0. The van der Waals surface area contributed by atoms with Gasteiger partial charge in [-0.15, -0.1) is 0 Å². The van der Waals surface area contributed by atoms with E-state index in [0.29, 0.717) is 0 Å². The zero-order chi connectivity index (χ0) is 21.0. The second-order valence-corrected chi connectivity index (χ2v) is 8.53. The lowest BCUT2D eigenvalue weighted by Gasteiger charge is -2.34. The standard InChI is InChI=1S/C22H40N8/c1-20-6-14-28(15-7-20)12-4-10-24-21(23-2)25-11-5-13-29-16-18-30(19-17-29)22-26-8-3-9-27-22/h3,8-9,20H,4-7,10-19H2,1-2H3,(H2,23,24,25). The van der Waals surface area contributed by atoms with Crippen LogP contribution in [-0.2, 0) is 0 Å². The van der Waals surface area contributed by atoms with Crippen LogP contribution in [0, 0.1) is 5.92 Å². The second kappa shape index (κ2) is 12.7. The first kappa shape index (κ1) is 22.7. The van der Waals surface area contributed by atoms with Gasteiger partial charge in [0.1, 0.15) is 0 Å². The minimum absolute atomic E-state index is 0.850. The van der Waals surface area contributed by atoms with Gasteiger partial charge in [-0.3, -0.25) is 9.89 Å². The smallest absolute Gasteiger partial charge is 0.225 e. The van der Waals surface area contributed by atoms with Crippen LogP contribution in [0.2, 0.25) is 0 Å². The van der Waals surface area contributed by atoms with E-state index in [2.05, 4.69) is 47.2 Å². The Morgan fingerprint density at radius 1 is 0.933 bits per heavy atom. The number of hydrogen-bond acceptors (Lipinski definition) is 6. The zero-order valence-corrected chi connectivity index (χ0v) is 18.9. The lowest BCUT2D eigenvalue weighted by molar-refractivity contribution is 0.191. The van der Waals surface area contributed by atoms with Crippen LogP contribution < -0.4 is 15.5 Å². The number of rotatable bonds is 9. The molecule has 0 atom stereocenters. The number of piperazine rings is 1. The summed E-state index contributed by atoms with van der Waals surface area (Å²) >= 11 is 0. The van der Waals surface area contributed by atoms with Crippen molar-refractivity contribution in [2.24, 2.45) is 10.9 Å². The van der Waals surface area contributed by atoms with Crippen molar-refractivity contribution < 1.29 is 0 Å². The van der Waals surface area contributed by atoms with Crippen molar-refractivity contribution in [1.82, 2.24) is 30.4 Å². The quantitative estimate of drug-likeness (QED) is 0.357. The van der Waals surface area contributed by atoms with Crippen molar-refractivity contribution >= 4 is 11.9 Å². The number of hydrogen-bond donors (Lipinski definition) is 2. The molecule has 0 radical (unpaired) electrons. The fraction of sp³-hybridized carbons (Fsp3) is 0.773. The molecule has 2 aliphatic heterocycles. The average Bonchev–Trinajstić information content (AvgIpc) is 2.80. The van der Waals surface area contributed by atoms with E-state index in [0.717, 1.165) is 70.1 Å². The van der Waals surface area contributed by atoms with E-state index < -0.39 is 0 Å². The van der Waals surface area contributed by atoms with E-state index in [4.69, 9.17) is 0 Å². The molecule has 30 heavy (non-hydrogen) atoms. The van der Waals surface area contributed by atoms with Crippen LogP contribution in [0.25, 0.3) is 0 Å². The van der Waals surface area contributed by atoms with E-state index in [9.17, 15) is 0 Å². The van der Waals surface area contributed by atoms with Gasteiger partial charge in [0.05, 0.1) is 0 Å². The summed E-state index contributed by atoms with van der Waals surface area (Å²) in [6.07, 6.45) is 8.63. The lowest BCUT2D eigenvalue weighted by atomic mass is 9.99. The molecule has 8 heteroatoms. The van der Waals surface area contributed by atoms with Crippen LogP contribution in [0.4, 0.5) is 5.95 Å². The first-order valence-electron chi connectivity index (χ1n) is 11.7. The number of nitrogens with one attached hydrogen (secondary N) is 2. The number of anilines is 1. The lowest BCUT2D eigenvalue weighted by Crippen LogP contribution is -2.47. The van der Waals surface area contributed by atoms with Crippen LogP contribution in [-0.4, -0.2) is 98.2 Å².